The fraction of sp³-hybridized carbons (Fsp3) is 1.00. The number of aliphatic hydroxyl groups is 8. The highest BCUT2D eigenvalue weighted by Crippen LogP contribution is 2.28. The van der Waals surface area contributed by atoms with Gasteiger partial charge in [0.1, 0.15) is 48.8 Å². The Balaban J connectivity index is 2.11. The van der Waals surface area contributed by atoms with E-state index in [1.807, 2.05) is 0 Å². The molecule has 0 spiro atoms. The van der Waals surface area contributed by atoms with Gasteiger partial charge < -0.3 is 55.1 Å². The molecule has 11 heteroatoms. The summed E-state index contributed by atoms with van der Waals surface area (Å²) in [7, 11) is 0. The summed E-state index contributed by atoms with van der Waals surface area (Å²) in [6, 6.07) is 0. The molecule has 136 valence electrons. The summed E-state index contributed by atoms with van der Waals surface area (Å²) in [5.74, 6) is 0. The molecule has 0 saturated carbocycles. The van der Waals surface area contributed by atoms with Crippen molar-refractivity contribution in [2.75, 3.05) is 13.2 Å². The minimum Gasteiger partial charge on any atom is -0.394 e. The molecule has 2 saturated heterocycles. The number of hydrogen-bond acceptors (Lipinski definition) is 11. The average molecular weight is 342 g/mol. The van der Waals surface area contributed by atoms with Gasteiger partial charge in [-0.2, -0.15) is 0 Å². The predicted molar refractivity (Wildman–Crippen MR) is 68.6 cm³/mol. The maximum atomic E-state index is 9.94. The lowest BCUT2D eigenvalue weighted by Crippen LogP contribution is -2.64. The Kier molecular flexibility index (Phi) is 6.27. The molecule has 0 bridgehead atoms. The van der Waals surface area contributed by atoms with E-state index in [1.54, 1.807) is 0 Å². The highest BCUT2D eigenvalue weighted by molar-refractivity contribution is 4.93. The first-order valence-electron chi connectivity index (χ1n) is 7.08. The molecule has 0 aromatic rings. The summed E-state index contributed by atoms with van der Waals surface area (Å²) in [5.41, 5.74) is 0. The Morgan fingerprint density at radius 1 is 0.652 bits per heavy atom. The standard InChI is InChI=1S/C12H22O11/c13-1-3-5(15)6(16)9(19)12(22-3)23-10-4(2-14)21-11(20)8(18)7(10)17/h3-20H,1-2H2/t3?,4?,5-,6?,7?,8?,9?,10+,11+,12?/m0/s1. The Labute approximate surface area is 130 Å². The van der Waals surface area contributed by atoms with Gasteiger partial charge in [-0.1, -0.05) is 0 Å². The van der Waals surface area contributed by atoms with Crippen molar-refractivity contribution in [3.05, 3.63) is 0 Å². The molecule has 2 heterocycles. The molecule has 0 aliphatic carbocycles. The van der Waals surface area contributed by atoms with Crippen LogP contribution in [0.1, 0.15) is 0 Å². The SMILES string of the molecule is OCC1OC(O[C@@H]2C(CO)O[C@@H](O)C(O)C2O)C(O)C(O)[C@H]1O. The summed E-state index contributed by atoms with van der Waals surface area (Å²) in [6.45, 7) is -1.35. The van der Waals surface area contributed by atoms with E-state index in [4.69, 9.17) is 19.3 Å². The van der Waals surface area contributed by atoms with Gasteiger partial charge in [0, 0.05) is 0 Å². The van der Waals surface area contributed by atoms with Crippen molar-refractivity contribution in [1.29, 1.82) is 0 Å². The zero-order valence-corrected chi connectivity index (χ0v) is 12.0. The van der Waals surface area contributed by atoms with Crippen LogP contribution in [0.5, 0.6) is 0 Å². The topological polar surface area (TPSA) is 190 Å². The van der Waals surface area contributed by atoms with Crippen molar-refractivity contribution in [3.63, 3.8) is 0 Å². The van der Waals surface area contributed by atoms with Crippen molar-refractivity contribution in [3.8, 4) is 0 Å². The van der Waals surface area contributed by atoms with Gasteiger partial charge >= 0.3 is 0 Å². The van der Waals surface area contributed by atoms with Gasteiger partial charge in [-0.3, -0.25) is 0 Å². The molecule has 2 aliphatic heterocycles. The Morgan fingerprint density at radius 2 is 1.26 bits per heavy atom. The minimum atomic E-state index is -1.74. The Hall–Kier alpha value is -0.440. The van der Waals surface area contributed by atoms with Gasteiger partial charge in [0.15, 0.2) is 12.6 Å². The van der Waals surface area contributed by atoms with E-state index in [2.05, 4.69) is 0 Å². The second-order valence-electron chi connectivity index (χ2n) is 5.53. The van der Waals surface area contributed by atoms with Gasteiger partial charge in [0.2, 0.25) is 0 Å². The zero-order chi connectivity index (χ0) is 17.3. The van der Waals surface area contributed by atoms with E-state index in [9.17, 15) is 35.7 Å². The summed E-state index contributed by atoms with van der Waals surface area (Å²) >= 11 is 0. The normalized spacial score (nSPS) is 51.7. The number of hydrogen-bond donors (Lipinski definition) is 8. The van der Waals surface area contributed by atoms with E-state index in [0.717, 1.165) is 0 Å². The molecular weight excluding hydrogens is 320 g/mol. The van der Waals surface area contributed by atoms with E-state index in [1.165, 1.54) is 0 Å². The molecular formula is C12H22O11. The van der Waals surface area contributed by atoms with Crippen LogP contribution in [0.25, 0.3) is 0 Å². The lowest BCUT2D eigenvalue weighted by Gasteiger charge is -2.45. The fourth-order valence-corrected chi connectivity index (χ4v) is 2.57. The van der Waals surface area contributed by atoms with Crippen molar-refractivity contribution in [2.24, 2.45) is 0 Å². The van der Waals surface area contributed by atoms with Crippen LogP contribution in [-0.2, 0) is 14.2 Å². The molecule has 23 heavy (non-hydrogen) atoms. The first kappa shape index (κ1) is 18.9. The van der Waals surface area contributed by atoms with Gasteiger partial charge in [-0.25, -0.2) is 0 Å². The van der Waals surface area contributed by atoms with Crippen LogP contribution in [0, 0.1) is 0 Å². The molecule has 8 N–H and O–H groups in total. The summed E-state index contributed by atoms with van der Waals surface area (Å²) < 4.78 is 15.3. The average Bonchev–Trinajstić information content (AvgIpc) is 2.55. The third-order valence-corrected chi connectivity index (χ3v) is 3.98. The number of aliphatic hydroxyl groups excluding tert-OH is 8. The van der Waals surface area contributed by atoms with Gasteiger partial charge in [0.25, 0.3) is 0 Å². The third kappa shape index (κ3) is 3.65. The van der Waals surface area contributed by atoms with Crippen LogP contribution < -0.4 is 0 Å². The van der Waals surface area contributed by atoms with Crippen LogP contribution in [0.2, 0.25) is 0 Å². The maximum absolute atomic E-state index is 9.94. The highest BCUT2D eigenvalue weighted by atomic mass is 16.7. The molecule has 2 fully saturated rings. The van der Waals surface area contributed by atoms with Crippen molar-refractivity contribution in [1.82, 2.24) is 0 Å². The van der Waals surface area contributed by atoms with Crippen molar-refractivity contribution < 1.29 is 55.1 Å². The van der Waals surface area contributed by atoms with Crippen LogP contribution >= 0.6 is 0 Å². The molecule has 7 unspecified atom stereocenters. The van der Waals surface area contributed by atoms with Crippen molar-refractivity contribution >= 4 is 0 Å². The first-order chi connectivity index (χ1) is 10.8. The lowest BCUT2D eigenvalue weighted by atomic mass is 9.97. The smallest absolute Gasteiger partial charge is 0.187 e. The third-order valence-electron chi connectivity index (χ3n) is 3.98. The molecule has 11 nitrogen and oxygen atoms in total. The Bertz CT molecular complexity index is 378. The first-order valence-corrected chi connectivity index (χ1v) is 7.08. The number of rotatable bonds is 4. The summed E-state index contributed by atoms with van der Waals surface area (Å²) in [5, 5.41) is 76.5. The molecule has 0 amide bonds. The van der Waals surface area contributed by atoms with E-state index >= 15 is 0 Å². The van der Waals surface area contributed by atoms with E-state index < -0.39 is 74.6 Å². The largest absolute Gasteiger partial charge is 0.394 e. The predicted octanol–water partition coefficient (Wildman–Crippen LogP) is -5.40. The molecule has 0 aromatic carbocycles. The monoisotopic (exact) mass is 342 g/mol. The fourth-order valence-electron chi connectivity index (χ4n) is 2.57. The molecule has 0 aromatic heterocycles. The zero-order valence-electron chi connectivity index (χ0n) is 12.0. The van der Waals surface area contributed by atoms with Gasteiger partial charge in [0.05, 0.1) is 13.2 Å². The van der Waals surface area contributed by atoms with E-state index in [-0.39, 0.29) is 0 Å². The second-order valence-corrected chi connectivity index (χ2v) is 5.53. The van der Waals surface area contributed by atoms with Crippen LogP contribution in [0.4, 0.5) is 0 Å². The molecule has 2 aliphatic rings. The lowest BCUT2D eigenvalue weighted by molar-refractivity contribution is -0.355. The Morgan fingerprint density at radius 3 is 1.83 bits per heavy atom. The number of ether oxygens (including phenoxy) is 3. The van der Waals surface area contributed by atoms with Crippen LogP contribution in [0.3, 0.4) is 0 Å². The quantitative estimate of drug-likeness (QED) is 0.243. The molecule has 2 rings (SSSR count). The second kappa shape index (κ2) is 7.63. The minimum absolute atomic E-state index is 0.667. The van der Waals surface area contributed by atoms with Gasteiger partial charge in [-0.05, 0) is 0 Å². The van der Waals surface area contributed by atoms with E-state index in [0.29, 0.717) is 0 Å². The van der Waals surface area contributed by atoms with Gasteiger partial charge in [-0.15, -0.1) is 0 Å². The highest BCUT2D eigenvalue weighted by Gasteiger charge is 2.50. The van der Waals surface area contributed by atoms with Crippen molar-refractivity contribution in [2.45, 2.75) is 61.4 Å². The maximum Gasteiger partial charge on any atom is 0.187 e. The van der Waals surface area contributed by atoms with Crippen LogP contribution in [-0.4, -0.2) is 115 Å². The molecule has 0 radical (unpaired) electrons. The van der Waals surface area contributed by atoms with Crippen LogP contribution in [0.15, 0.2) is 0 Å². The summed E-state index contributed by atoms with van der Waals surface area (Å²) in [6.07, 6.45) is -15.6. The summed E-state index contributed by atoms with van der Waals surface area (Å²) in [4.78, 5) is 0. The molecule has 10 atom stereocenters.